The van der Waals surface area contributed by atoms with Crippen LogP contribution in [0.4, 0.5) is 5.69 Å². The van der Waals surface area contributed by atoms with Crippen molar-refractivity contribution in [2.75, 3.05) is 25.1 Å². The molecule has 0 aliphatic heterocycles. The fourth-order valence-corrected chi connectivity index (χ4v) is 2.70. The Balaban J connectivity index is 1.85. The van der Waals surface area contributed by atoms with E-state index in [9.17, 15) is 4.79 Å². The molecule has 1 aromatic heterocycles. The molecule has 1 aromatic carbocycles. The van der Waals surface area contributed by atoms with Gasteiger partial charge in [-0.3, -0.25) is 4.79 Å². The highest BCUT2D eigenvalue weighted by Gasteiger charge is 2.10. The van der Waals surface area contributed by atoms with Crippen LogP contribution in [0.1, 0.15) is 6.42 Å². The van der Waals surface area contributed by atoms with Crippen LogP contribution in [0.25, 0.3) is 0 Å². The molecule has 0 aliphatic carbocycles. The first-order valence-electron chi connectivity index (χ1n) is 6.80. The van der Waals surface area contributed by atoms with E-state index in [0.717, 1.165) is 24.4 Å². The van der Waals surface area contributed by atoms with Crippen molar-refractivity contribution in [2.45, 2.75) is 6.42 Å². The fraction of sp³-hybridized carbons (Fsp3) is 0.333. The first-order valence-corrected chi connectivity index (χ1v) is 7.97. The maximum Gasteiger partial charge on any atom is 0.282 e. The minimum Gasteiger partial charge on any atom is -0.494 e. The molecule has 0 fully saturated rings. The third-order valence-corrected chi connectivity index (χ3v) is 4.19. The van der Waals surface area contributed by atoms with Gasteiger partial charge in [0, 0.05) is 25.7 Å². The number of anilines is 1. The maximum absolute atomic E-state index is 11.8. The lowest BCUT2D eigenvalue weighted by atomic mass is 10.3. The van der Waals surface area contributed by atoms with Crippen molar-refractivity contribution in [1.29, 1.82) is 0 Å². The van der Waals surface area contributed by atoms with Crippen molar-refractivity contribution >= 4 is 33.2 Å². The van der Waals surface area contributed by atoms with E-state index in [4.69, 9.17) is 16.3 Å². The smallest absolute Gasteiger partial charge is 0.282 e. The number of nitrogens with zero attached hydrogens (tertiary/aromatic N) is 3. The first kappa shape index (κ1) is 16.8. The summed E-state index contributed by atoms with van der Waals surface area (Å²) in [7, 11) is 3.54. The summed E-state index contributed by atoms with van der Waals surface area (Å²) in [6.45, 7) is 1.34. The highest BCUT2D eigenvalue weighted by atomic mass is 79.9. The topological polar surface area (TPSA) is 47.4 Å². The lowest BCUT2D eigenvalue weighted by molar-refractivity contribution is 0.312. The van der Waals surface area contributed by atoms with E-state index >= 15 is 0 Å². The van der Waals surface area contributed by atoms with E-state index in [1.807, 2.05) is 24.1 Å². The molecule has 0 unspecified atom stereocenters. The zero-order valence-corrected chi connectivity index (χ0v) is 14.8. The van der Waals surface area contributed by atoms with Crippen molar-refractivity contribution < 1.29 is 4.74 Å². The maximum atomic E-state index is 11.8. The van der Waals surface area contributed by atoms with E-state index < -0.39 is 0 Å². The first-order chi connectivity index (χ1) is 10.5. The van der Waals surface area contributed by atoms with Gasteiger partial charge in [0.25, 0.3) is 5.56 Å². The summed E-state index contributed by atoms with van der Waals surface area (Å²) in [5, 5.41) is 4.72. The van der Waals surface area contributed by atoms with Gasteiger partial charge in [0.15, 0.2) is 0 Å². The lowest BCUT2D eigenvalue weighted by Crippen LogP contribution is -2.27. The number of ether oxygens (including phenoxy) is 1. The Morgan fingerprint density at radius 3 is 2.73 bits per heavy atom. The lowest BCUT2D eigenvalue weighted by Gasteiger charge is -2.20. The van der Waals surface area contributed by atoms with Gasteiger partial charge in [-0.2, -0.15) is 5.10 Å². The molecule has 0 aliphatic rings. The Morgan fingerprint density at radius 1 is 1.36 bits per heavy atom. The average molecular weight is 387 g/mol. The standard InChI is InChI=1S/C15H17BrClN3O2/c1-19(13-10-18-20(2)15(21)14(13)16)8-3-9-22-12-6-4-11(17)5-7-12/h4-7,10H,3,8-9H2,1-2H3. The second-order valence-electron chi connectivity index (χ2n) is 4.85. The zero-order valence-electron chi connectivity index (χ0n) is 12.4. The molecule has 0 bridgehead atoms. The van der Waals surface area contributed by atoms with Crippen molar-refractivity contribution in [1.82, 2.24) is 9.78 Å². The van der Waals surface area contributed by atoms with E-state index in [0.29, 0.717) is 16.1 Å². The van der Waals surface area contributed by atoms with Gasteiger partial charge in [-0.25, -0.2) is 4.68 Å². The molecule has 22 heavy (non-hydrogen) atoms. The number of aryl methyl sites for hydroxylation is 1. The summed E-state index contributed by atoms with van der Waals surface area (Å²) in [6, 6.07) is 7.28. The Morgan fingerprint density at radius 2 is 2.05 bits per heavy atom. The third kappa shape index (κ3) is 4.24. The molecule has 2 rings (SSSR count). The highest BCUT2D eigenvalue weighted by molar-refractivity contribution is 9.10. The molecule has 0 saturated heterocycles. The molecule has 7 heteroatoms. The molecule has 0 N–H and O–H groups in total. The van der Waals surface area contributed by atoms with E-state index in [1.165, 1.54) is 4.68 Å². The van der Waals surface area contributed by atoms with Crippen molar-refractivity contribution in [3.05, 3.63) is 50.3 Å². The van der Waals surface area contributed by atoms with Gasteiger partial charge in [0.05, 0.1) is 18.5 Å². The van der Waals surface area contributed by atoms with Gasteiger partial charge in [0.1, 0.15) is 10.2 Å². The monoisotopic (exact) mass is 385 g/mol. The molecule has 0 amide bonds. The Kier molecular flexibility index (Phi) is 5.85. The fourth-order valence-electron chi connectivity index (χ4n) is 1.91. The van der Waals surface area contributed by atoms with Crippen molar-refractivity contribution in [2.24, 2.45) is 7.05 Å². The van der Waals surface area contributed by atoms with Crippen LogP contribution in [-0.2, 0) is 7.05 Å². The van der Waals surface area contributed by atoms with E-state index in [-0.39, 0.29) is 5.56 Å². The Hall–Kier alpha value is -1.53. The SMILES string of the molecule is CN(CCCOc1ccc(Cl)cc1)c1cnn(C)c(=O)c1Br. The Bertz CT molecular complexity index is 688. The predicted octanol–water partition coefficient (Wildman–Crippen LogP) is 3.10. The van der Waals surface area contributed by atoms with Gasteiger partial charge in [-0.05, 0) is 46.6 Å². The molecule has 0 saturated carbocycles. The van der Waals surface area contributed by atoms with Crippen LogP contribution in [0.2, 0.25) is 5.02 Å². The number of hydrogen-bond acceptors (Lipinski definition) is 4. The van der Waals surface area contributed by atoms with Crippen LogP contribution in [0.3, 0.4) is 0 Å². The second kappa shape index (κ2) is 7.65. The van der Waals surface area contributed by atoms with Crippen LogP contribution in [0.15, 0.2) is 39.7 Å². The number of halogens is 2. The van der Waals surface area contributed by atoms with Gasteiger partial charge < -0.3 is 9.64 Å². The number of rotatable bonds is 6. The van der Waals surface area contributed by atoms with Crippen LogP contribution in [-0.4, -0.2) is 30.0 Å². The zero-order chi connectivity index (χ0) is 16.1. The van der Waals surface area contributed by atoms with Gasteiger partial charge in [0.2, 0.25) is 0 Å². The van der Waals surface area contributed by atoms with Crippen molar-refractivity contribution in [3.63, 3.8) is 0 Å². The summed E-state index contributed by atoms with van der Waals surface area (Å²) >= 11 is 9.15. The van der Waals surface area contributed by atoms with Gasteiger partial charge >= 0.3 is 0 Å². The van der Waals surface area contributed by atoms with Crippen LogP contribution in [0, 0.1) is 0 Å². The molecular formula is C15H17BrClN3O2. The molecule has 0 spiro atoms. The summed E-state index contributed by atoms with van der Waals surface area (Å²) in [5.74, 6) is 0.795. The highest BCUT2D eigenvalue weighted by Crippen LogP contribution is 2.20. The number of benzene rings is 1. The van der Waals surface area contributed by atoms with Gasteiger partial charge in [-0.15, -0.1) is 0 Å². The molecule has 1 heterocycles. The van der Waals surface area contributed by atoms with E-state index in [1.54, 1.807) is 25.4 Å². The van der Waals surface area contributed by atoms with Gasteiger partial charge in [-0.1, -0.05) is 11.6 Å². The summed E-state index contributed by atoms with van der Waals surface area (Å²) in [6.07, 6.45) is 2.49. The van der Waals surface area contributed by atoms with Crippen LogP contribution >= 0.6 is 27.5 Å². The minimum absolute atomic E-state index is 0.151. The minimum atomic E-state index is -0.151. The Labute approximate surface area is 142 Å². The van der Waals surface area contributed by atoms with Crippen molar-refractivity contribution in [3.8, 4) is 5.75 Å². The molecule has 5 nitrogen and oxygen atoms in total. The number of aromatic nitrogens is 2. The number of hydrogen-bond donors (Lipinski definition) is 0. The summed E-state index contributed by atoms with van der Waals surface area (Å²) < 4.78 is 7.46. The summed E-state index contributed by atoms with van der Waals surface area (Å²) in [5.41, 5.74) is 0.622. The van der Waals surface area contributed by atoms with E-state index in [2.05, 4.69) is 21.0 Å². The van der Waals surface area contributed by atoms with Crippen LogP contribution < -0.4 is 15.2 Å². The average Bonchev–Trinajstić information content (AvgIpc) is 2.51. The molecule has 2 aromatic rings. The quantitative estimate of drug-likeness (QED) is 0.716. The normalized spacial score (nSPS) is 10.5. The second-order valence-corrected chi connectivity index (χ2v) is 6.08. The molecule has 118 valence electrons. The molecule has 0 atom stereocenters. The van der Waals surface area contributed by atoms with Crippen LogP contribution in [0.5, 0.6) is 5.75 Å². The largest absolute Gasteiger partial charge is 0.494 e. The predicted molar refractivity (Wildman–Crippen MR) is 92.0 cm³/mol. The molecule has 0 radical (unpaired) electrons. The summed E-state index contributed by atoms with van der Waals surface area (Å²) in [4.78, 5) is 13.8. The molecular weight excluding hydrogens is 370 g/mol. The third-order valence-electron chi connectivity index (χ3n) is 3.19.